The number of aromatic nitrogens is 1. The second kappa shape index (κ2) is 8.12. The Morgan fingerprint density at radius 2 is 2.21 bits per heavy atom. The highest BCUT2D eigenvalue weighted by atomic mass is 35.5. The third kappa shape index (κ3) is 5.57. The van der Waals surface area contributed by atoms with Crippen molar-refractivity contribution < 1.29 is 4.79 Å². The number of halogens is 1. The summed E-state index contributed by atoms with van der Waals surface area (Å²) in [5.41, 5.74) is 5.59. The van der Waals surface area contributed by atoms with E-state index in [0.29, 0.717) is 35.6 Å². The van der Waals surface area contributed by atoms with Gasteiger partial charge in [0.15, 0.2) is 5.82 Å². The van der Waals surface area contributed by atoms with Gasteiger partial charge in [0.1, 0.15) is 0 Å². The molecule has 0 aliphatic carbocycles. The van der Waals surface area contributed by atoms with E-state index in [1.54, 1.807) is 18.3 Å². The highest BCUT2D eigenvalue weighted by Crippen LogP contribution is 2.22. The number of carbonyl (C=O) groups is 1. The molecule has 1 heterocycles. The van der Waals surface area contributed by atoms with Crippen molar-refractivity contribution in [3.05, 3.63) is 23.4 Å². The Bertz CT molecular complexity index is 409. The average molecular weight is 284 g/mol. The van der Waals surface area contributed by atoms with Crippen LogP contribution in [0.2, 0.25) is 5.02 Å². The van der Waals surface area contributed by atoms with Crippen LogP contribution >= 0.6 is 11.6 Å². The summed E-state index contributed by atoms with van der Waals surface area (Å²) in [5.74, 6) is 1.39. The summed E-state index contributed by atoms with van der Waals surface area (Å²) in [6.07, 6.45) is 3.86. The zero-order valence-electron chi connectivity index (χ0n) is 11.5. The van der Waals surface area contributed by atoms with Crippen molar-refractivity contribution in [1.82, 2.24) is 4.98 Å². The largest absolute Gasteiger partial charge is 0.330 e. The Morgan fingerprint density at radius 3 is 2.79 bits per heavy atom. The lowest BCUT2D eigenvalue weighted by Crippen LogP contribution is -2.18. The Labute approximate surface area is 119 Å². The second-order valence-electron chi connectivity index (χ2n) is 5.00. The molecule has 1 aromatic rings. The maximum Gasteiger partial charge on any atom is 0.225 e. The predicted octanol–water partition coefficient (Wildman–Crippen LogP) is 3.07. The summed E-state index contributed by atoms with van der Waals surface area (Å²) >= 11 is 5.94. The number of pyridine rings is 1. The molecular weight excluding hydrogens is 262 g/mol. The molecule has 5 heteroatoms. The molecule has 0 saturated carbocycles. The molecule has 0 saturated heterocycles. The lowest BCUT2D eigenvalue weighted by Gasteiger charge is -2.19. The minimum absolute atomic E-state index is 0.0525. The third-order valence-electron chi connectivity index (χ3n) is 3.24. The van der Waals surface area contributed by atoms with Crippen molar-refractivity contribution >= 4 is 23.3 Å². The Hall–Kier alpha value is -1.13. The van der Waals surface area contributed by atoms with E-state index in [9.17, 15) is 4.79 Å². The van der Waals surface area contributed by atoms with Gasteiger partial charge in [-0.2, -0.15) is 0 Å². The number of hydrogen-bond donors (Lipinski definition) is 2. The molecule has 4 nitrogen and oxygen atoms in total. The van der Waals surface area contributed by atoms with Gasteiger partial charge in [-0.05, 0) is 43.4 Å². The number of rotatable bonds is 7. The summed E-state index contributed by atoms with van der Waals surface area (Å²) in [7, 11) is 0. The fourth-order valence-corrected chi connectivity index (χ4v) is 2.18. The number of nitrogens with two attached hydrogens (primary N) is 1. The van der Waals surface area contributed by atoms with Gasteiger partial charge >= 0.3 is 0 Å². The first-order valence-corrected chi connectivity index (χ1v) is 7.02. The normalized spacial score (nSPS) is 12.5. The quantitative estimate of drug-likeness (QED) is 0.808. The zero-order chi connectivity index (χ0) is 14.3. The fourth-order valence-electron chi connectivity index (χ4n) is 2.01. The number of anilines is 1. The maximum atomic E-state index is 11.9. The topological polar surface area (TPSA) is 68.0 Å². The highest BCUT2D eigenvalue weighted by molar-refractivity contribution is 6.33. The van der Waals surface area contributed by atoms with Gasteiger partial charge in [-0.15, -0.1) is 0 Å². The summed E-state index contributed by atoms with van der Waals surface area (Å²) in [6, 6.07) is 3.43. The molecule has 1 rings (SSSR count). The van der Waals surface area contributed by atoms with Crippen LogP contribution in [0.3, 0.4) is 0 Å². The van der Waals surface area contributed by atoms with Crippen molar-refractivity contribution in [1.29, 1.82) is 0 Å². The molecule has 19 heavy (non-hydrogen) atoms. The molecule has 106 valence electrons. The Balaban J connectivity index is 2.45. The maximum absolute atomic E-state index is 11.9. The van der Waals surface area contributed by atoms with Crippen LogP contribution in [0.15, 0.2) is 18.3 Å². The summed E-state index contributed by atoms with van der Waals surface area (Å²) < 4.78 is 0. The number of carbonyl (C=O) groups excluding carboxylic acids is 1. The number of nitrogens with one attached hydrogen (secondary N) is 1. The second-order valence-corrected chi connectivity index (χ2v) is 5.41. The molecule has 0 aliphatic heterocycles. The molecule has 0 bridgehead atoms. The first-order chi connectivity index (χ1) is 9.04. The Morgan fingerprint density at radius 1 is 1.47 bits per heavy atom. The van der Waals surface area contributed by atoms with E-state index < -0.39 is 0 Å². The van der Waals surface area contributed by atoms with Crippen molar-refractivity contribution in [2.45, 2.75) is 33.1 Å². The number of nitrogens with zero attached hydrogens (tertiary/aromatic N) is 1. The molecule has 1 aromatic heterocycles. The lowest BCUT2D eigenvalue weighted by atomic mass is 9.88. The first kappa shape index (κ1) is 15.9. The van der Waals surface area contributed by atoms with E-state index in [4.69, 9.17) is 17.3 Å². The molecule has 0 spiro atoms. The van der Waals surface area contributed by atoms with Gasteiger partial charge in [0.2, 0.25) is 5.91 Å². The molecular formula is C14H22ClN3O. The van der Waals surface area contributed by atoms with Gasteiger partial charge in [0, 0.05) is 12.6 Å². The molecule has 1 atom stereocenters. The smallest absolute Gasteiger partial charge is 0.225 e. The average Bonchev–Trinajstić information content (AvgIpc) is 2.37. The highest BCUT2D eigenvalue weighted by Gasteiger charge is 2.15. The fraction of sp³-hybridized carbons (Fsp3) is 0.571. The van der Waals surface area contributed by atoms with Gasteiger partial charge in [-0.25, -0.2) is 4.98 Å². The number of amides is 1. The summed E-state index contributed by atoms with van der Waals surface area (Å²) in [4.78, 5) is 15.9. The SMILES string of the molecule is CC(C)C(CCN)CCC(=O)Nc1ncccc1Cl. The van der Waals surface area contributed by atoms with Gasteiger partial charge in [-0.3, -0.25) is 4.79 Å². The van der Waals surface area contributed by atoms with E-state index >= 15 is 0 Å². The summed E-state index contributed by atoms with van der Waals surface area (Å²) in [6.45, 7) is 4.98. The number of hydrogen-bond acceptors (Lipinski definition) is 3. The van der Waals surface area contributed by atoms with Crippen LogP contribution in [0.1, 0.15) is 33.1 Å². The lowest BCUT2D eigenvalue weighted by molar-refractivity contribution is -0.116. The summed E-state index contributed by atoms with van der Waals surface area (Å²) in [5, 5.41) is 3.19. The van der Waals surface area contributed by atoms with Crippen molar-refractivity contribution in [3.63, 3.8) is 0 Å². The van der Waals surface area contributed by atoms with Gasteiger partial charge in [0.05, 0.1) is 5.02 Å². The van der Waals surface area contributed by atoms with Crippen LogP contribution in [0.4, 0.5) is 5.82 Å². The van der Waals surface area contributed by atoms with Crippen LogP contribution < -0.4 is 11.1 Å². The molecule has 1 unspecified atom stereocenters. The minimum Gasteiger partial charge on any atom is -0.330 e. The molecule has 0 radical (unpaired) electrons. The van der Waals surface area contributed by atoms with Gasteiger partial charge in [-0.1, -0.05) is 25.4 Å². The van der Waals surface area contributed by atoms with E-state index in [0.717, 1.165) is 12.8 Å². The molecule has 0 fully saturated rings. The van der Waals surface area contributed by atoms with Gasteiger partial charge in [0.25, 0.3) is 0 Å². The van der Waals surface area contributed by atoms with Crippen LogP contribution in [-0.4, -0.2) is 17.4 Å². The van der Waals surface area contributed by atoms with Crippen molar-refractivity contribution in [2.24, 2.45) is 17.6 Å². The zero-order valence-corrected chi connectivity index (χ0v) is 12.3. The third-order valence-corrected chi connectivity index (χ3v) is 3.54. The van der Waals surface area contributed by atoms with Crippen LogP contribution in [0.5, 0.6) is 0 Å². The van der Waals surface area contributed by atoms with Gasteiger partial charge < -0.3 is 11.1 Å². The van der Waals surface area contributed by atoms with E-state index in [2.05, 4.69) is 24.1 Å². The van der Waals surface area contributed by atoms with E-state index in [-0.39, 0.29) is 5.91 Å². The van der Waals surface area contributed by atoms with Crippen LogP contribution in [0.25, 0.3) is 0 Å². The van der Waals surface area contributed by atoms with Crippen molar-refractivity contribution in [2.75, 3.05) is 11.9 Å². The minimum atomic E-state index is -0.0525. The molecule has 0 aliphatic rings. The monoisotopic (exact) mass is 283 g/mol. The molecule has 3 N–H and O–H groups in total. The standard InChI is InChI=1S/C14H22ClN3O/c1-10(2)11(7-8-16)5-6-13(19)18-14-12(15)4-3-9-17-14/h3-4,9-11H,5-8,16H2,1-2H3,(H,17,18,19). The molecule has 0 aromatic carbocycles. The van der Waals surface area contributed by atoms with Crippen LogP contribution in [-0.2, 0) is 4.79 Å². The van der Waals surface area contributed by atoms with E-state index in [1.807, 2.05) is 0 Å². The Kier molecular flexibility index (Phi) is 6.81. The van der Waals surface area contributed by atoms with E-state index in [1.165, 1.54) is 0 Å². The molecule has 1 amide bonds. The first-order valence-electron chi connectivity index (χ1n) is 6.65. The van der Waals surface area contributed by atoms with Crippen molar-refractivity contribution in [3.8, 4) is 0 Å². The predicted molar refractivity (Wildman–Crippen MR) is 79.1 cm³/mol. The van der Waals surface area contributed by atoms with Crippen LogP contribution in [0, 0.1) is 11.8 Å².